The summed E-state index contributed by atoms with van der Waals surface area (Å²) in [4.78, 5) is 28.1. The highest BCUT2D eigenvalue weighted by Crippen LogP contribution is 2.34. The number of hydrazine groups is 2. The van der Waals surface area contributed by atoms with Gasteiger partial charge in [0.05, 0.1) is 84.7 Å². The number of ether oxygens (including phenoxy) is 5. The SMILES string of the molecule is COC(=O)c1cc(CN2CC(Oc3ccc(N(N4CCOC(c5ccc(F)cc5)C4)S(=O)[O-])c(C(=O)OC)c3)C2)ccc1N(N1CCOC(c2ccc(F)cc2)C1)S(=O)[O-]. The van der Waals surface area contributed by atoms with Crippen LogP contribution in [0.2, 0.25) is 0 Å². The van der Waals surface area contributed by atoms with E-state index >= 15 is 0 Å². The van der Waals surface area contributed by atoms with Crippen molar-refractivity contribution in [2.75, 3.05) is 75.5 Å². The van der Waals surface area contributed by atoms with Gasteiger partial charge in [0, 0.05) is 45.8 Å². The summed E-state index contributed by atoms with van der Waals surface area (Å²) in [6, 6.07) is 20.8. The van der Waals surface area contributed by atoms with Gasteiger partial charge in [0.25, 0.3) is 0 Å². The van der Waals surface area contributed by atoms with E-state index in [0.717, 1.165) is 8.83 Å². The third-order valence-corrected chi connectivity index (χ3v) is 11.7. The lowest BCUT2D eigenvalue weighted by Gasteiger charge is -2.42. The van der Waals surface area contributed by atoms with Crippen LogP contribution < -0.4 is 13.6 Å². The Hall–Kier alpha value is -4.90. The van der Waals surface area contributed by atoms with Gasteiger partial charge in [0.2, 0.25) is 0 Å². The van der Waals surface area contributed by atoms with Gasteiger partial charge in [-0.15, -0.1) is 0 Å². The lowest BCUT2D eigenvalue weighted by atomic mass is 10.1. The van der Waals surface area contributed by atoms with Crippen LogP contribution >= 0.6 is 0 Å². The molecule has 3 aliphatic rings. The number of halogens is 2. The van der Waals surface area contributed by atoms with E-state index in [-0.39, 0.29) is 68.0 Å². The summed E-state index contributed by atoms with van der Waals surface area (Å²) < 4.78 is 108. The topological polar surface area (TPSA) is 177 Å². The van der Waals surface area contributed by atoms with E-state index in [2.05, 4.69) is 0 Å². The molecule has 4 unspecified atom stereocenters. The Morgan fingerprint density at radius 2 is 1.17 bits per heavy atom. The second-order valence-electron chi connectivity index (χ2n) is 14.1. The third kappa shape index (κ3) is 9.83. The minimum absolute atomic E-state index is 0.0314. The number of rotatable bonds is 14. The number of carbonyl (C=O) groups is 2. The summed E-state index contributed by atoms with van der Waals surface area (Å²) in [6.45, 7) is 2.25. The molecule has 0 amide bonds. The maximum atomic E-state index is 13.6. The Kier molecular flexibility index (Phi) is 13.8. The molecule has 0 aromatic heterocycles. The van der Waals surface area contributed by atoms with Crippen LogP contribution in [-0.4, -0.2) is 117 Å². The Morgan fingerprint density at radius 3 is 1.63 bits per heavy atom. The number of esters is 2. The number of morpholine rings is 2. The lowest BCUT2D eigenvalue weighted by Crippen LogP contribution is -2.53. The molecule has 4 aromatic rings. The molecule has 4 atom stereocenters. The summed E-state index contributed by atoms with van der Waals surface area (Å²) in [5.74, 6) is -2.04. The largest absolute Gasteiger partial charge is 0.754 e. The molecule has 3 heterocycles. The molecule has 3 saturated heterocycles. The van der Waals surface area contributed by atoms with Crippen LogP contribution in [0.25, 0.3) is 0 Å². The average molecular weight is 870 g/mol. The molecule has 3 aliphatic heterocycles. The molecular formula is C40H41F2N5O11S2-2. The van der Waals surface area contributed by atoms with Gasteiger partial charge < -0.3 is 32.8 Å². The van der Waals surface area contributed by atoms with Crippen LogP contribution in [0.1, 0.15) is 49.6 Å². The zero-order valence-corrected chi connectivity index (χ0v) is 34.1. The molecular weight excluding hydrogens is 829 g/mol. The van der Waals surface area contributed by atoms with Crippen molar-refractivity contribution in [3.63, 3.8) is 0 Å². The smallest absolute Gasteiger partial charge is 0.340 e. The normalized spacial score (nSPS) is 20.1. The van der Waals surface area contributed by atoms with E-state index in [4.69, 9.17) is 23.7 Å². The Morgan fingerprint density at radius 1 is 0.700 bits per heavy atom. The van der Waals surface area contributed by atoms with Crippen molar-refractivity contribution < 1.29 is 59.6 Å². The maximum Gasteiger partial charge on any atom is 0.340 e. The minimum atomic E-state index is -2.85. The fourth-order valence-electron chi connectivity index (χ4n) is 7.34. The van der Waals surface area contributed by atoms with Crippen LogP contribution in [0, 0.1) is 11.6 Å². The highest BCUT2D eigenvalue weighted by Gasteiger charge is 2.34. The molecule has 0 bridgehead atoms. The van der Waals surface area contributed by atoms with Crippen molar-refractivity contribution in [2.24, 2.45) is 0 Å². The lowest BCUT2D eigenvalue weighted by molar-refractivity contribution is -0.0281. The molecule has 16 nitrogen and oxygen atoms in total. The molecule has 20 heteroatoms. The summed E-state index contributed by atoms with van der Waals surface area (Å²) in [5, 5.41) is 3.07. The van der Waals surface area contributed by atoms with Crippen LogP contribution in [0.4, 0.5) is 20.2 Å². The van der Waals surface area contributed by atoms with Crippen molar-refractivity contribution in [3.05, 3.63) is 124 Å². The number of likely N-dealkylation sites (tertiary alicyclic amines) is 1. The molecule has 320 valence electrons. The van der Waals surface area contributed by atoms with Gasteiger partial charge in [0.15, 0.2) is 0 Å². The van der Waals surface area contributed by atoms with Gasteiger partial charge in [-0.2, -0.15) is 0 Å². The first kappa shape index (κ1) is 43.2. The predicted molar refractivity (Wildman–Crippen MR) is 211 cm³/mol. The monoisotopic (exact) mass is 869 g/mol. The standard InChI is InChI=1S/C40H43F2N5O11S2/c1-54-39(48)33-19-26(3-13-35(33)46(59(50)51)44-15-17-56-37(24-44)27-4-8-29(41)9-5-27)21-43-22-32(23-43)58-31-12-14-36(34(20-31)40(49)55-2)47(60(52)53)45-16-18-57-38(25-45)28-6-10-30(42)11-7-28/h3-14,19-20,32,37-38H,15-18,21-25H2,1-2H3,(H,50,51)(H,52,53)/p-2. The van der Waals surface area contributed by atoms with Gasteiger partial charge in [-0.1, -0.05) is 30.3 Å². The molecule has 0 N–H and O–H groups in total. The van der Waals surface area contributed by atoms with Gasteiger partial charge in [0.1, 0.15) is 23.5 Å². The second kappa shape index (κ2) is 19.2. The van der Waals surface area contributed by atoms with E-state index in [1.165, 1.54) is 55.6 Å². The first-order valence-electron chi connectivity index (χ1n) is 18.8. The number of anilines is 2. The summed E-state index contributed by atoms with van der Waals surface area (Å²) in [7, 11) is 2.39. The summed E-state index contributed by atoms with van der Waals surface area (Å²) in [6.07, 6.45) is -1.42. The molecule has 4 aromatic carbocycles. The first-order chi connectivity index (χ1) is 28.9. The molecule has 0 spiro atoms. The molecule has 0 saturated carbocycles. The van der Waals surface area contributed by atoms with E-state index < -0.39 is 58.3 Å². The fraction of sp³-hybridized carbons (Fsp3) is 0.350. The van der Waals surface area contributed by atoms with Crippen molar-refractivity contribution in [3.8, 4) is 5.75 Å². The number of hydrogen-bond acceptors (Lipinski definition) is 14. The summed E-state index contributed by atoms with van der Waals surface area (Å²) >= 11 is -5.68. The Labute approximate surface area is 349 Å². The number of carbonyl (C=O) groups excluding carboxylic acids is 2. The zero-order valence-electron chi connectivity index (χ0n) is 32.5. The fourth-order valence-corrected chi connectivity index (χ4v) is 8.65. The minimum Gasteiger partial charge on any atom is -0.754 e. The highest BCUT2D eigenvalue weighted by atomic mass is 32.2. The number of hydrogen-bond donors (Lipinski definition) is 0. The first-order valence-corrected chi connectivity index (χ1v) is 20.8. The Bertz CT molecular complexity index is 2070. The van der Waals surface area contributed by atoms with Crippen molar-refractivity contribution in [2.45, 2.75) is 24.9 Å². The molecule has 60 heavy (non-hydrogen) atoms. The number of methoxy groups -OCH3 is 2. The van der Waals surface area contributed by atoms with Crippen LogP contribution in [0.15, 0.2) is 84.9 Å². The molecule has 0 aliphatic carbocycles. The maximum absolute atomic E-state index is 13.6. The van der Waals surface area contributed by atoms with E-state index in [9.17, 15) is 35.9 Å². The van der Waals surface area contributed by atoms with Crippen LogP contribution in [0.5, 0.6) is 5.75 Å². The summed E-state index contributed by atoms with van der Waals surface area (Å²) in [5.41, 5.74) is 2.15. The predicted octanol–water partition coefficient (Wildman–Crippen LogP) is 3.98. The average Bonchev–Trinajstić information content (AvgIpc) is 3.23. The van der Waals surface area contributed by atoms with Crippen molar-refractivity contribution in [1.82, 2.24) is 14.9 Å². The second-order valence-corrected chi connectivity index (χ2v) is 15.6. The quantitative estimate of drug-likeness (QED) is 0.131. The van der Waals surface area contributed by atoms with Crippen molar-refractivity contribution in [1.29, 1.82) is 0 Å². The Balaban J connectivity index is 1.02. The zero-order chi connectivity index (χ0) is 42.5. The highest BCUT2D eigenvalue weighted by molar-refractivity contribution is 7.80. The number of benzene rings is 4. The number of nitrogens with zero attached hydrogens (tertiary/aromatic N) is 5. The molecule has 3 fully saturated rings. The van der Waals surface area contributed by atoms with Gasteiger partial charge in [-0.05, 0) is 71.3 Å². The molecule has 7 rings (SSSR count). The van der Waals surface area contributed by atoms with E-state index in [0.29, 0.717) is 42.1 Å². The van der Waals surface area contributed by atoms with Gasteiger partial charge >= 0.3 is 11.9 Å². The van der Waals surface area contributed by atoms with Crippen molar-refractivity contribution >= 4 is 45.8 Å². The van der Waals surface area contributed by atoms with Gasteiger partial charge in [-0.25, -0.2) is 37.2 Å². The third-order valence-electron chi connectivity index (χ3n) is 10.3. The van der Waals surface area contributed by atoms with Gasteiger partial charge in [-0.3, -0.25) is 13.3 Å². The van der Waals surface area contributed by atoms with Crippen LogP contribution in [-0.2, 0) is 48.0 Å². The van der Waals surface area contributed by atoms with E-state index in [1.54, 1.807) is 53.5 Å². The van der Waals surface area contributed by atoms with Crippen LogP contribution in [0.3, 0.4) is 0 Å². The molecule has 0 radical (unpaired) electrons. The van der Waals surface area contributed by atoms with E-state index in [1.807, 2.05) is 4.90 Å².